The van der Waals surface area contributed by atoms with Crippen LogP contribution >= 0.6 is 0 Å². The summed E-state index contributed by atoms with van der Waals surface area (Å²) >= 11 is 0. The average Bonchev–Trinajstić information content (AvgIpc) is 2.67. The SMILES string of the molecule is NS(=O)(=O)c1cnn(-c2cccnn2)c1. The summed E-state index contributed by atoms with van der Waals surface area (Å²) in [4.78, 5) is -0.0619. The van der Waals surface area contributed by atoms with Crippen molar-refractivity contribution < 1.29 is 8.42 Å². The van der Waals surface area contributed by atoms with Gasteiger partial charge in [0.2, 0.25) is 10.0 Å². The smallest absolute Gasteiger partial charge is 0.225 e. The van der Waals surface area contributed by atoms with Crippen molar-refractivity contribution in [3.8, 4) is 5.82 Å². The molecule has 0 amide bonds. The molecule has 0 fully saturated rings. The van der Waals surface area contributed by atoms with Crippen LogP contribution in [-0.2, 0) is 10.0 Å². The van der Waals surface area contributed by atoms with E-state index in [0.29, 0.717) is 5.82 Å². The Morgan fingerprint density at radius 2 is 2.20 bits per heavy atom. The maximum absolute atomic E-state index is 11.0. The number of hydrogen-bond donors (Lipinski definition) is 1. The van der Waals surface area contributed by atoms with E-state index in [-0.39, 0.29) is 4.90 Å². The van der Waals surface area contributed by atoms with Crippen molar-refractivity contribution >= 4 is 10.0 Å². The largest absolute Gasteiger partial charge is 0.241 e. The predicted octanol–water partition coefficient (Wildman–Crippen LogP) is -0.690. The fraction of sp³-hybridized carbons (Fsp3) is 0. The van der Waals surface area contributed by atoms with Gasteiger partial charge in [-0.3, -0.25) is 0 Å². The van der Waals surface area contributed by atoms with Crippen LogP contribution in [-0.4, -0.2) is 28.4 Å². The van der Waals surface area contributed by atoms with Gasteiger partial charge in [0, 0.05) is 6.20 Å². The highest BCUT2D eigenvalue weighted by Crippen LogP contribution is 2.07. The standard InChI is InChI=1S/C7H7N5O2S/c8-15(13,14)6-4-10-12(5-6)7-2-1-3-9-11-7/h1-5H,(H2,8,13,14). The lowest BCUT2D eigenvalue weighted by Gasteiger charge is -1.96. The summed E-state index contributed by atoms with van der Waals surface area (Å²) in [6.45, 7) is 0. The Hall–Kier alpha value is -1.80. The van der Waals surface area contributed by atoms with Gasteiger partial charge < -0.3 is 0 Å². The van der Waals surface area contributed by atoms with Gasteiger partial charge in [-0.15, -0.1) is 5.10 Å². The van der Waals surface area contributed by atoms with Crippen molar-refractivity contribution in [3.63, 3.8) is 0 Å². The molecule has 8 heteroatoms. The lowest BCUT2D eigenvalue weighted by molar-refractivity contribution is 0.598. The third-order valence-corrected chi connectivity index (χ3v) is 2.55. The van der Waals surface area contributed by atoms with Gasteiger partial charge in [-0.05, 0) is 12.1 Å². The first-order valence-corrected chi connectivity index (χ1v) is 5.47. The van der Waals surface area contributed by atoms with Crippen LogP contribution in [0.15, 0.2) is 35.6 Å². The van der Waals surface area contributed by atoms with Crippen LogP contribution in [0.4, 0.5) is 0 Å². The molecule has 2 aromatic heterocycles. The van der Waals surface area contributed by atoms with Gasteiger partial charge in [0.25, 0.3) is 0 Å². The molecule has 0 bridgehead atoms. The molecule has 78 valence electrons. The quantitative estimate of drug-likeness (QED) is 0.728. The van der Waals surface area contributed by atoms with E-state index in [1.807, 2.05) is 0 Å². The molecule has 0 aliphatic heterocycles. The van der Waals surface area contributed by atoms with Crippen LogP contribution < -0.4 is 5.14 Å². The summed E-state index contributed by atoms with van der Waals surface area (Å²) in [5.74, 6) is 0.424. The van der Waals surface area contributed by atoms with E-state index >= 15 is 0 Å². The van der Waals surface area contributed by atoms with Crippen molar-refractivity contribution in [3.05, 3.63) is 30.7 Å². The molecule has 2 aromatic rings. The zero-order chi connectivity index (χ0) is 10.9. The lowest BCUT2D eigenvalue weighted by atomic mass is 10.5. The van der Waals surface area contributed by atoms with E-state index < -0.39 is 10.0 Å². The van der Waals surface area contributed by atoms with E-state index in [4.69, 9.17) is 5.14 Å². The molecule has 0 radical (unpaired) electrons. The minimum Gasteiger partial charge on any atom is -0.225 e. The lowest BCUT2D eigenvalue weighted by Crippen LogP contribution is -2.11. The van der Waals surface area contributed by atoms with Gasteiger partial charge in [0.05, 0.1) is 12.4 Å². The number of primary sulfonamides is 1. The Bertz CT molecular complexity index is 562. The third-order valence-electron chi connectivity index (χ3n) is 1.68. The van der Waals surface area contributed by atoms with Crippen LogP contribution in [0.2, 0.25) is 0 Å². The second-order valence-electron chi connectivity index (χ2n) is 2.75. The predicted molar refractivity (Wildman–Crippen MR) is 50.5 cm³/mol. The third kappa shape index (κ3) is 2.00. The Morgan fingerprint density at radius 3 is 2.73 bits per heavy atom. The number of rotatable bonds is 2. The van der Waals surface area contributed by atoms with E-state index in [0.717, 1.165) is 6.20 Å². The Kier molecular flexibility index (Phi) is 2.21. The molecule has 15 heavy (non-hydrogen) atoms. The summed E-state index contributed by atoms with van der Waals surface area (Å²) in [7, 11) is -3.72. The van der Waals surface area contributed by atoms with Crippen molar-refractivity contribution in [1.29, 1.82) is 0 Å². The highest BCUT2D eigenvalue weighted by Gasteiger charge is 2.11. The van der Waals surface area contributed by atoms with Crippen molar-refractivity contribution in [2.24, 2.45) is 5.14 Å². The number of sulfonamides is 1. The summed E-state index contributed by atoms with van der Waals surface area (Å²) in [6.07, 6.45) is 3.94. The number of nitrogens with zero attached hydrogens (tertiary/aromatic N) is 4. The second kappa shape index (κ2) is 3.41. The van der Waals surface area contributed by atoms with Crippen LogP contribution in [0.5, 0.6) is 0 Å². The average molecular weight is 225 g/mol. The van der Waals surface area contributed by atoms with Gasteiger partial charge >= 0.3 is 0 Å². The molecule has 2 N–H and O–H groups in total. The number of nitrogens with two attached hydrogens (primary N) is 1. The molecule has 0 aromatic carbocycles. The highest BCUT2D eigenvalue weighted by molar-refractivity contribution is 7.89. The molecule has 0 saturated carbocycles. The fourth-order valence-corrected chi connectivity index (χ4v) is 1.43. The maximum atomic E-state index is 11.0. The van der Waals surface area contributed by atoms with Gasteiger partial charge in [-0.1, -0.05) is 0 Å². The number of aromatic nitrogens is 4. The topological polar surface area (TPSA) is 104 Å². The highest BCUT2D eigenvalue weighted by atomic mass is 32.2. The summed E-state index contributed by atoms with van der Waals surface area (Å²) < 4.78 is 23.2. The number of hydrogen-bond acceptors (Lipinski definition) is 5. The van der Waals surface area contributed by atoms with Crippen molar-refractivity contribution in [2.75, 3.05) is 0 Å². The minimum atomic E-state index is -3.72. The molecular weight excluding hydrogens is 218 g/mol. The Morgan fingerprint density at radius 1 is 1.40 bits per heavy atom. The normalized spacial score (nSPS) is 11.5. The summed E-state index contributed by atoms with van der Waals surface area (Å²) in [6, 6.07) is 3.31. The van der Waals surface area contributed by atoms with Crippen LogP contribution in [0.25, 0.3) is 5.82 Å². The summed E-state index contributed by atoms with van der Waals surface area (Å²) in [5, 5.41) is 16.1. The first kappa shape index (κ1) is 9.74. The molecule has 0 aliphatic carbocycles. The molecule has 0 aliphatic rings. The first-order valence-electron chi connectivity index (χ1n) is 3.93. The zero-order valence-electron chi connectivity index (χ0n) is 7.48. The minimum absolute atomic E-state index is 0.0619. The zero-order valence-corrected chi connectivity index (χ0v) is 8.29. The van der Waals surface area contributed by atoms with E-state index in [2.05, 4.69) is 15.3 Å². The van der Waals surface area contributed by atoms with Gasteiger partial charge in [0.15, 0.2) is 5.82 Å². The molecule has 0 saturated heterocycles. The van der Waals surface area contributed by atoms with E-state index in [9.17, 15) is 8.42 Å². The first-order chi connectivity index (χ1) is 7.07. The molecule has 0 spiro atoms. The van der Waals surface area contributed by atoms with Gasteiger partial charge in [0.1, 0.15) is 4.90 Å². The molecule has 2 rings (SSSR count). The van der Waals surface area contributed by atoms with Gasteiger partial charge in [-0.25, -0.2) is 18.2 Å². The molecule has 2 heterocycles. The van der Waals surface area contributed by atoms with Crippen LogP contribution in [0, 0.1) is 0 Å². The molecule has 0 atom stereocenters. The summed E-state index contributed by atoms with van der Waals surface area (Å²) in [5.41, 5.74) is 0. The van der Waals surface area contributed by atoms with Crippen LogP contribution in [0.3, 0.4) is 0 Å². The Labute approximate surface area is 85.6 Å². The monoisotopic (exact) mass is 225 g/mol. The molecule has 0 unspecified atom stereocenters. The van der Waals surface area contributed by atoms with Crippen molar-refractivity contribution in [1.82, 2.24) is 20.0 Å². The van der Waals surface area contributed by atoms with E-state index in [1.165, 1.54) is 17.1 Å². The fourth-order valence-electron chi connectivity index (χ4n) is 0.994. The molecular formula is C7H7N5O2S. The van der Waals surface area contributed by atoms with Gasteiger partial charge in [-0.2, -0.15) is 10.2 Å². The Balaban J connectivity index is 2.46. The van der Waals surface area contributed by atoms with Crippen LogP contribution in [0.1, 0.15) is 0 Å². The maximum Gasteiger partial charge on any atom is 0.241 e. The molecule has 7 nitrogen and oxygen atoms in total. The van der Waals surface area contributed by atoms with E-state index in [1.54, 1.807) is 12.1 Å². The second-order valence-corrected chi connectivity index (χ2v) is 4.31. The van der Waals surface area contributed by atoms with Crippen molar-refractivity contribution in [2.45, 2.75) is 4.90 Å².